The minimum Gasteiger partial charge on any atom is -0.348 e. The molecule has 1 aromatic carbocycles. The highest BCUT2D eigenvalue weighted by atomic mass is 32.1. The van der Waals surface area contributed by atoms with Crippen LogP contribution in [0.2, 0.25) is 0 Å². The average Bonchev–Trinajstić information content (AvgIpc) is 3.28. The first kappa shape index (κ1) is 17.0. The van der Waals surface area contributed by atoms with Crippen molar-refractivity contribution in [3.63, 3.8) is 0 Å². The number of aryl methyl sites for hydroxylation is 2. The number of carbonyl (C=O) groups is 1. The molecule has 3 heterocycles. The fourth-order valence-corrected chi connectivity index (χ4v) is 4.55. The number of nitrogens with one attached hydrogen (secondary N) is 1. The van der Waals surface area contributed by atoms with E-state index in [2.05, 4.69) is 40.4 Å². The first-order valence-electron chi connectivity index (χ1n) is 9.08. The lowest BCUT2D eigenvalue weighted by Crippen LogP contribution is -2.45. The summed E-state index contributed by atoms with van der Waals surface area (Å²) in [5.74, 6) is -0.0453. The van der Waals surface area contributed by atoms with Crippen LogP contribution in [-0.4, -0.2) is 39.8 Å². The van der Waals surface area contributed by atoms with E-state index in [1.165, 1.54) is 10.3 Å². The van der Waals surface area contributed by atoms with Crippen LogP contribution in [0.3, 0.4) is 0 Å². The third-order valence-electron chi connectivity index (χ3n) is 5.03. The van der Waals surface area contributed by atoms with Gasteiger partial charge in [-0.2, -0.15) is 5.10 Å². The maximum absolute atomic E-state index is 12.3. The molecule has 0 saturated carbocycles. The minimum atomic E-state index is -0.0453. The van der Waals surface area contributed by atoms with Gasteiger partial charge in [-0.05, 0) is 37.0 Å². The van der Waals surface area contributed by atoms with E-state index in [1.807, 2.05) is 0 Å². The van der Waals surface area contributed by atoms with E-state index >= 15 is 0 Å². The molecule has 2 aromatic heterocycles. The van der Waals surface area contributed by atoms with Crippen LogP contribution in [0.4, 0.5) is 5.13 Å². The molecule has 6 nitrogen and oxygen atoms in total. The molecule has 3 aromatic rings. The Balaban J connectivity index is 1.41. The maximum atomic E-state index is 12.3. The molecule has 136 valence electrons. The smallest absolute Gasteiger partial charge is 0.269 e. The number of nitrogens with zero attached hydrogens (tertiary/aromatic N) is 4. The number of rotatable bonds is 4. The Labute approximate surface area is 156 Å². The summed E-state index contributed by atoms with van der Waals surface area (Å²) in [5, 5.41) is 8.29. The van der Waals surface area contributed by atoms with E-state index in [0.29, 0.717) is 5.69 Å². The number of para-hydroxylation sites is 1. The minimum absolute atomic E-state index is 0.0453. The van der Waals surface area contributed by atoms with E-state index in [0.717, 1.165) is 43.0 Å². The first-order chi connectivity index (χ1) is 12.7. The van der Waals surface area contributed by atoms with Crippen molar-refractivity contribution in [1.29, 1.82) is 0 Å². The number of benzene rings is 1. The number of fused-ring (bicyclic) bond motifs is 1. The van der Waals surface area contributed by atoms with Crippen LogP contribution in [0.1, 0.15) is 35.8 Å². The summed E-state index contributed by atoms with van der Waals surface area (Å²) in [6.07, 6.45) is 4.51. The Kier molecular flexibility index (Phi) is 4.63. The van der Waals surface area contributed by atoms with Crippen molar-refractivity contribution < 1.29 is 4.79 Å². The van der Waals surface area contributed by atoms with E-state index in [-0.39, 0.29) is 11.9 Å². The van der Waals surface area contributed by atoms with Gasteiger partial charge in [0.1, 0.15) is 5.69 Å². The number of anilines is 1. The van der Waals surface area contributed by atoms with Gasteiger partial charge in [0.05, 0.1) is 10.2 Å². The van der Waals surface area contributed by atoms with Crippen molar-refractivity contribution >= 4 is 32.6 Å². The van der Waals surface area contributed by atoms with Gasteiger partial charge in [-0.15, -0.1) is 0 Å². The summed E-state index contributed by atoms with van der Waals surface area (Å²) in [5.41, 5.74) is 3.05. The molecule has 1 fully saturated rings. The van der Waals surface area contributed by atoms with Gasteiger partial charge in [0.2, 0.25) is 0 Å². The highest BCUT2D eigenvalue weighted by Crippen LogP contribution is 2.32. The Hall–Kier alpha value is -2.41. The molecule has 1 aliphatic heterocycles. The third kappa shape index (κ3) is 3.19. The fourth-order valence-electron chi connectivity index (χ4n) is 3.49. The second-order valence-corrected chi connectivity index (χ2v) is 7.70. The Morgan fingerprint density at radius 3 is 2.81 bits per heavy atom. The zero-order valence-electron chi connectivity index (χ0n) is 15.1. The SMILES string of the molecule is CCc1cccc2sc(N3CCC(NC(=O)c4ccnn4C)CC3)nc12. The van der Waals surface area contributed by atoms with Crippen molar-refractivity contribution in [2.24, 2.45) is 7.05 Å². The highest BCUT2D eigenvalue weighted by Gasteiger charge is 2.24. The Morgan fingerprint density at radius 2 is 2.12 bits per heavy atom. The molecule has 0 atom stereocenters. The Morgan fingerprint density at radius 1 is 1.31 bits per heavy atom. The first-order valence-corrected chi connectivity index (χ1v) is 9.89. The molecular weight excluding hydrogens is 346 g/mol. The van der Waals surface area contributed by atoms with Crippen LogP contribution < -0.4 is 10.2 Å². The molecule has 1 N–H and O–H groups in total. The predicted octanol–water partition coefficient (Wildman–Crippen LogP) is 2.99. The molecule has 7 heteroatoms. The average molecular weight is 369 g/mol. The molecule has 1 amide bonds. The molecular formula is C19H23N5OS. The topological polar surface area (TPSA) is 63.1 Å². The van der Waals surface area contributed by atoms with E-state index < -0.39 is 0 Å². The van der Waals surface area contributed by atoms with Crippen LogP contribution >= 0.6 is 11.3 Å². The molecule has 0 spiro atoms. The lowest BCUT2D eigenvalue weighted by atomic mass is 10.1. The maximum Gasteiger partial charge on any atom is 0.269 e. The zero-order valence-corrected chi connectivity index (χ0v) is 15.9. The lowest BCUT2D eigenvalue weighted by Gasteiger charge is -2.32. The number of piperidine rings is 1. The largest absolute Gasteiger partial charge is 0.348 e. The van der Waals surface area contributed by atoms with Crippen LogP contribution in [0, 0.1) is 0 Å². The molecule has 0 aliphatic carbocycles. The number of aromatic nitrogens is 3. The van der Waals surface area contributed by atoms with Gasteiger partial charge < -0.3 is 10.2 Å². The summed E-state index contributed by atoms with van der Waals surface area (Å²) < 4.78 is 2.86. The monoisotopic (exact) mass is 369 g/mol. The van der Waals surface area contributed by atoms with Gasteiger partial charge >= 0.3 is 0 Å². The quantitative estimate of drug-likeness (QED) is 0.768. The van der Waals surface area contributed by atoms with E-state index in [1.54, 1.807) is 35.3 Å². The standard InChI is InChI=1S/C19H23N5OS/c1-3-13-5-4-6-16-17(13)22-19(26-16)24-11-8-14(9-12-24)21-18(25)15-7-10-20-23(15)2/h4-7,10,14H,3,8-9,11-12H2,1-2H3,(H,21,25). The summed E-state index contributed by atoms with van der Waals surface area (Å²) in [6, 6.07) is 8.37. The van der Waals surface area contributed by atoms with Gasteiger partial charge in [0.25, 0.3) is 5.91 Å². The summed E-state index contributed by atoms with van der Waals surface area (Å²) in [4.78, 5) is 19.6. The van der Waals surface area contributed by atoms with Crippen molar-refractivity contribution in [2.45, 2.75) is 32.2 Å². The number of thiazole rings is 1. The van der Waals surface area contributed by atoms with Gasteiger partial charge in [0, 0.05) is 32.4 Å². The van der Waals surface area contributed by atoms with Crippen molar-refractivity contribution in [3.8, 4) is 0 Å². The number of amides is 1. The van der Waals surface area contributed by atoms with Crippen molar-refractivity contribution in [2.75, 3.05) is 18.0 Å². The van der Waals surface area contributed by atoms with Gasteiger partial charge in [0.15, 0.2) is 5.13 Å². The summed E-state index contributed by atoms with van der Waals surface area (Å²) in [7, 11) is 1.79. The van der Waals surface area contributed by atoms with Crippen molar-refractivity contribution in [3.05, 3.63) is 41.7 Å². The molecule has 1 aliphatic rings. The molecule has 4 rings (SSSR count). The zero-order chi connectivity index (χ0) is 18.1. The van der Waals surface area contributed by atoms with Gasteiger partial charge in [-0.3, -0.25) is 9.48 Å². The second-order valence-electron chi connectivity index (χ2n) is 6.69. The second kappa shape index (κ2) is 7.07. The summed E-state index contributed by atoms with van der Waals surface area (Å²) in [6.45, 7) is 4.00. The molecule has 1 saturated heterocycles. The van der Waals surface area contributed by atoms with Gasteiger partial charge in [-0.1, -0.05) is 30.4 Å². The van der Waals surface area contributed by atoms with Crippen LogP contribution in [0.25, 0.3) is 10.2 Å². The number of hydrogen-bond acceptors (Lipinski definition) is 5. The van der Waals surface area contributed by atoms with E-state index in [9.17, 15) is 4.79 Å². The van der Waals surface area contributed by atoms with E-state index in [4.69, 9.17) is 4.98 Å². The lowest BCUT2D eigenvalue weighted by molar-refractivity contribution is 0.0921. The van der Waals surface area contributed by atoms with Crippen molar-refractivity contribution in [1.82, 2.24) is 20.1 Å². The highest BCUT2D eigenvalue weighted by molar-refractivity contribution is 7.22. The molecule has 0 radical (unpaired) electrons. The summed E-state index contributed by atoms with van der Waals surface area (Å²) >= 11 is 1.76. The predicted molar refractivity (Wildman–Crippen MR) is 105 cm³/mol. The molecule has 26 heavy (non-hydrogen) atoms. The van der Waals surface area contributed by atoms with Crippen LogP contribution in [0.15, 0.2) is 30.5 Å². The number of carbonyl (C=O) groups excluding carboxylic acids is 1. The van der Waals surface area contributed by atoms with Crippen LogP contribution in [-0.2, 0) is 13.5 Å². The molecule has 0 bridgehead atoms. The van der Waals surface area contributed by atoms with Gasteiger partial charge in [-0.25, -0.2) is 4.98 Å². The number of hydrogen-bond donors (Lipinski definition) is 1. The Bertz CT molecular complexity index is 923. The third-order valence-corrected chi connectivity index (χ3v) is 6.11. The van der Waals surface area contributed by atoms with Crippen LogP contribution in [0.5, 0.6) is 0 Å². The molecule has 0 unspecified atom stereocenters. The fraction of sp³-hybridized carbons (Fsp3) is 0.421. The normalized spacial score (nSPS) is 15.5.